The molecular formula is C20H43NO2. The Morgan fingerprint density at radius 2 is 1.00 bits per heavy atom. The fourth-order valence-corrected chi connectivity index (χ4v) is 2.51. The molecular weight excluding hydrogens is 286 g/mol. The van der Waals surface area contributed by atoms with Gasteiger partial charge in [-0.2, -0.15) is 0 Å². The molecule has 3 nitrogen and oxygen atoms in total. The van der Waals surface area contributed by atoms with Crippen LogP contribution in [0.25, 0.3) is 0 Å². The zero-order valence-electron chi connectivity index (χ0n) is 16.0. The Morgan fingerprint density at radius 3 is 1.35 bits per heavy atom. The van der Waals surface area contributed by atoms with Crippen LogP contribution in [0.4, 0.5) is 0 Å². The second kappa shape index (κ2) is 23.7. The zero-order valence-corrected chi connectivity index (χ0v) is 16.0. The molecule has 3 N–H and O–H groups in total. The predicted octanol–water partition coefficient (Wildman–Crippen LogP) is 6.30. The van der Waals surface area contributed by atoms with Crippen LogP contribution in [0.15, 0.2) is 0 Å². The van der Waals surface area contributed by atoms with E-state index in [1.807, 2.05) is 0 Å². The molecule has 140 valence electrons. The zero-order chi connectivity index (χ0) is 17.6. The third kappa shape index (κ3) is 30.0. The topological polar surface area (TPSA) is 63.3 Å². The molecule has 0 radical (unpaired) electrons. The molecule has 0 spiro atoms. The van der Waals surface area contributed by atoms with Gasteiger partial charge in [-0.1, -0.05) is 97.3 Å². The predicted molar refractivity (Wildman–Crippen MR) is 102 cm³/mol. The van der Waals surface area contributed by atoms with Crippen LogP contribution < -0.4 is 5.73 Å². The van der Waals surface area contributed by atoms with Crippen molar-refractivity contribution in [3.63, 3.8) is 0 Å². The van der Waals surface area contributed by atoms with Crippen LogP contribution in [0.1, 0.15) is 117 Å². The van der Waals surface area contributed by atoms with E-state index in [-0.39, 0.29) is 0 Å². The molecule has 3 heteroatoms. The molecule has 0 rings (SSSR count). The molecule has 0 aliphatic rings. The van der Waals surface area contributed by atoms with E-state index in [2.05, 4.69) is 13.8 Å². The largest absolute Gasteiger partial charge is 0.481 e. The molecule has 0 aromatic heterocycles. The minimum Gasteiger partial charge on any atom is -0.481 e. The van der Waals surface area contributed by atoms with Crippen molar-refractivity contribution in [1.82, 2.24) is 0 Å². The second-order valence-electron chi connectivity index (χ2n) is 6.53. The van der Waals surface area contributed by atoms with Crippen molar-refractivity contribution in [3.8, 4) is 0 Å². The van der Waals surface area contributed by atoms with Crippen molar-refractivity contribution in [2.75, 3.05) is 6.54 Å². The summed E-state index contributed by atoms with van der Waals surface area (Å²) in [7, 11) is 0. The van der Waals surface area contributed by atoms with Crippen LogP contribution in [-0.4, -0.2) is 17.6 Å². The van der Waals surface area contributed by atoms with Crippen LogP contribution in [-0.2, 0) is 4.79 Å². The molecule has 23 heavy (non-hydrogen) atoms. The van der Waals surface area contributed by atoms with Crippen molar-refractivity contribution >= 4 is 5.97 Å². The fourth-order valence-electron chi connectivity index (χ4n) is 2.51. The Balaban J connectivity index is 0. The van der Waals surface area contributed by atoms with E-state index in [9.17, 15) is 4.79 Å². The molecule has 0 unspecified atom stereocenters. The first kappa shape index (κ1) is 24.7. The number of nitrogens with two attached hydrogens (primary N) is 1. The van der Waals surface area contributed by atoms with Gasteiger partial charge in [-0.15, -0.1) is 0 Å². The van der Waals surface area contributed by atoms with Crippen LogP contribution in [0.5, 0.6) is 0 Å². The van der Waals surface area contributed by atoms with Crippen LogP contribution >= 0.6 is 0 Å². The standard InChI is InChI=1S/C10H23N.C10H20O2/c1-2-3-4-5-6-7-8-9-10-11;1-2-3-4-5-6-7-8-9-10(11)12/h2-11H2,1H3;2-9H2,1H3,(H,11,12). The monoisotopic (exact) mass is 329 g/mol. The van der Waals surface area contributed by atoms with Crippen LogP contribution in [0.2, 0.25) is 0 Å². The van der Waals surface area contributed by atoms with Crippen molar-refractivity contribution < 1.29 is 9.90 Å². The molecule has 0 saturated heterocycles. The highest BCUT2D eigenvalue weighted by Gasteiger charge is 1.95. The van der Waals surface area contributed by atoms with Crippen molar-refractivity contribution in [1.29, 1.82) is 0 Å². The minimum absolute atomic E-state index is 0.341. The summed E-state index contributed by atoms with van der Waals surface area (Å²) in [6.07, 6.45) is 19.6. The average Bonchev–Trinajstić information content (AvgIpc) is 2.54. The van der Waals surface area contributed by atoms with E-state index in [1.54, 1.807) is 0 Å². The van der Waals surface area contributed by atoms with E-state index in [0.717, 1.165) is 19.4 Å². The number of carbonyl (C=O) groups is 1. The lowest BCUT2D eigenvalue weighted by Gasteiger charge is -1.99. The van der Waals surface area contributed by atoms with Crippen LogP contribution in [0, 0.1) is 0 Å². The Bertz CT molecular complexity index is 212. The highest BCUT2D eigenvalue weighted by Crippen LogP contribution is 2.08. The van der Waals surface area contributed by atoms with E-state index < -0.39 is 5.97 Å². The second-order valence-corrected chi connectivity index (χ2v) is 6.53. The summed E-state index contributed by atoms with van der Waals surface area (Å²) in [6.45, 7) is 5.33. The number of aliphatic carboxylic acids is 1. The maximum Gasteiger partial charge on any atom is 0.303 e. The number of hydrogen-bond acceptors (Lipinski definition) is 2. The smallest absolute Gasteiger partial charge is 0.303 e. The molecule has 0 aliphatic heterocycles. The Labute approximate surface area is 145 Å². The van der Waals surface area contributed by atoms with E-state index in [0.29, 0.717) is 6.42 Å². The highest BCUT2D eigenvalue weighted by molar-refractivity contribution is 5.66. The maximum absolute atomic E-state index is 10.1. The molecule has 0 aromatic rings. The number of carboxylic acid groups (broad SMARTS) is 1. The summed E-state index contributed by atoms with van der Waals surface area (Å²) in [6, 6.07) is 0. The van der Waals surface area contributed by atoms with Gasteiger partial charge in [-0.05, 0) is 19.4 Å². The van der Waals surface area contributed by atoms with Crippen LogP contribution in [0.3, 0.4) is 0 Å². The Morgan fingerprint density at radius 1 is 0.652 bits per heavy atom. The van der Waals surface area contributed by atoms with Gasteiger partial charge in [0, 0.05) is 6.42 Å². The lowest BCUT2D eigenvalue weighted by Crippen LogP contribution is -1.97. The van der Waals surface area contributed by atoms with E-state index in [1.165, 1.54) is 83.5 Å². The Hall–Kier alpha value is -0.570. The van der Waals surface area contributed by atoms with Gasteiger partial charge in [0.15, 0.2) is 0 Å². The van der Waals surface area contributed by atoms with Gasteiger partial charge in [0.2, 0.25) is 0 Å². The van der Waals surface area contributed by atoms with E-state index in [4.69, 9.17) is 10.8 Å². The summed E-state index contributed by atoms with van der Waals surface area (Å²) in [5.41, 5.74) is 5.39. The van der Waals surface area contributed by atoms with Crippen molar-refractivity contribution in [2.45, 2.75) is 117 Å². The first-order chi connectivity index (χ1) is 11.2. The number of carboxylic acids is 1. The summed E-state index contributed by atoms with van der Waals surface area (Å²) in [5.74, 6) is -0.663. The lowest BCUT2D eigenvalue weighted by atomic mass is 10.1. The first-order valence-corrected chi connectivity index (χ1v) is 10.1. The molecule has 0 atom stereocenters. The number of rotatable bonds is 16. The highest BCUT2D eigenvalue weighted by atomic mass is 16.4. The van der Waals surface area contributed by atoms with Gasteiger partial charge >= 0.3 is 5.97 Å². The van der Waals surface area contributed by atoms with E-state index >= 15 is 0 Å². The SMILES string of the molecule is CCCCCCCCCC(=O)O.CCCCCCCCCCN. The van der Waals surface area contributed by atoms with Gasteiger partial charge in [0.1, 0.15) is 0 Å². The number of unbranched alkanes of at least 4 members (excludes halogenated alkanes) is 13. The molecule has 0 amide bonds. The van der Waals surface area contributed by atoms with Gasteiger partial charge in [-0.25, -0.2) is 0 Å². The third-order valence-electron chi connectivity index (χ3n) is 4.05. The van der Waals surface area contributed by atoms with Crippen molar-refractivity contribution in [2.24, 2.45) is 5.73 Å². The molecule has 0 aromatic carbocycles. The van der Waals surface area contributed by atoms with Gasteiger partial charge in [-0.3, -0.25) is 4.79 Å². The molecule has 0 aliphatic carbocycles. The van der Waals surface area contributed by atoms with Gasteiger partial charge < -0.3 is 10.8 Å². The first-order valence-electron chi connectivity index (χ1n) is 10.1. The molecule has 0 bridgehead atoms. The van der Waals surface area contributed by atoms with Gasteiger partial charge in [0.25, 0.3) is 0 Å². The maximum atomic E-state index is 10.1. The minimum atomic E-state index is -0.663. The quantitative estimate of drug-likeness (QED) is 0.327. The Kier molecular flexibility index (Phi) is 25.4. The van der Waals surface area contributed by atoms with Crippen molar-refractivity contribution in [3.05, 3.63) is 0 Å². The summed E-state index contributed by atoms with van der Waals surface area (Å²) < 4.78 is 0. The summed E-state index contributed by atoms with van der Waals surface area (Å²) in [5, 5.41) is 8.35. The summed E-state index contributed by atoms with van der Waals surface area (Å²) in [4.78, 5) is 10.1. The third-order valence-corrected chi connectivity index (χ3v) is 4.05. The molecule has 0 saturated carbocycles. The molecule has 0 heterocycles. The lowest BCUT2D eigenvalue weighted by molar-refractivity contribution is -0.137. The normalized spacial score (nSPS) is 10.2. The number of hydrogen-bond donors (Lipinski definition) is 2. The summed E-state index contributed by atoms with van der Waals surface area (Å²) >= 11 is 0. The average molecular weight is 330 g/mol. The van der Waals surface area contributed by atoms with Gasteiger partial charge in [0.05, 0.1) is 0 Å². The fraction of sp³-hybridized carbons (Fsp3) is 0.950. The molecule has 0 fully saturated rings.